The average Bonchev–Trinajstić information content (AvgIpc) is 2.39. The van der Waals surface area contributed by atoms with Gasteiger partial charge in [0, 0.05) is 18.6 Å². The molecule has 5 nitrogen and oxygen atoms in total. The molecule has 2 N–H and O–H groups in total. The highest BCUT2D eigenvalue weighted by molar-refractivity contribution is 6.35. The number of amides is 2. The van der Waals surface area contributed by atoms with E-state index in [1.165, 1.54) is 18.0 Å². The molecule has 0 aliphatic carbocycles. The normalized spacial score (nSPS) is 11.9. The molecule has 1 rings (SSSR count). The topological polar surface area (TPSA) is 69.6 Å². The van der Waals surface area contributed by atoms with Gasteiger partial charge in [0.15, 0.2) is 0 Å². The molecule has 0 aliphatic heterocycles. The maximum absolute atomic E-state index is 13.4. The average molecular weight is 337 g/mol. The number of hydrogen-bond acceptors (Lipinski definition) is 2. The summed E-state index contributed by atoms with van der Waals surface area (Å²) < 4.78 is 13.4. The van der Waals surface area contributed by atoms with Crippen molar-refractivity contribution >= 4 is 35.2 Å². The molecule has 1 unspecified atom stereocenters. The fourth-order valence-corrected chi connectivity index (χ4v) is 2.15. The molecular formula is C13H15Cl2FN2O3. The van der Waals surface area contributed by atoms with Crippen LogP contribution < -0.4 is 5.32 Å². The minimum atomic E-state index is -0.995. The van der Waals surface area contributed by atoms with Crippen LogP contribution in [0.2, 0.25) is 10.0 Å². The smallest absolute Gasteiger partial charge is 0.317 e. The molecule has 21 heavy (non-hydrogen) atoms. The van der Waals surface area contributed by atoms with Crippen LogP contribution in [0.1, 0.15) is 24.9 Å². The van der Waals surface area contributed by atoms with Gasteiger partial charge in [0.05, 0.1) is 17.5 Å². The minimum Gasteiger partial charge on any atom is -0.481 e. The first-order valence-electron chi connectivity index (χ1n) is 6.10. The van der Waals surface area contributed by atoms with E-state index in [-0.39, 0.29) is 23.0 Å². The Labute approximate surface area is 131 Å². The number of rotatable bonds is 5. The van der Waals surface area contributed by atoms with E-state index in [1.807, 2.05) is 0 Å². The monoisotopic (exact) mass is 336 g/mol. The van der Waals surface area contributed by atoms with Gasteiger partial charge in [0.1, 0.15) is 5.82 Å². The Hall–Kier alpha value is -1.53. The highest BCUT2D eigenvalue weighted by Gasteiger charge is 2.17. The number of carbonyl (C=O) groups is 2. The lowest BCUT2D eigenvalue weighted by Crippen LogP contribution is -2.39. The number of nitrogens with one attached hydrogen (secondary N) is 1. The summed E-state index contributed by atoms with van der Waals surface area (Å²) >= 11 is 11.6. The van der Waals surface area contributed by atoms with Crippen molar-refractivity contribution in [3.63, 3.8) is 0 Å². The van der Waals surface area contributed by atoms with E-state index in [1.54, 1.807) is 6.92 Å². The number of carbonyl (C=O) groups excluding carboxylic acids is 1. The minimum absolute atomic E-state index is 0.0661. The van der Waals surface area contributed by atoms with Gasteiger partial charge < -0.3 is 15.3 Å². The molecule has 0 radical (unpaired) electrons. The number of halogens is 3. The maximum atomic E-state index is 13.4. The van der Waals surface area contributed by atoms with Crippen molar-refractivity contribution in [2.75, 3.05) is 13.6 Å². The first-order chi connectivity index (χ1) is 9.72. The number of carboxylic acids is 1. The van der Waals surface area contributed by atoms with E-state index in [4.69, 9.17) is 28.3 Å². The summed E-state index contributed by atoms with van der Waals surface area (Å²) in [4.78, 5) is 23.5. The van der Waals surface area contributed by atoms with Gasteiger partial charge in [0.25, 0.3) is 0 Å². The fraction of sp³-hybridized carbons (Fsp3) is 0.385. The number of nitrogens with zero attached hydrogens (tertiary/aromatic N) is 1. The lowest BCUT2D eigenvalue weighted by Gasteiger charge is -2.21. The van der Waals surface area contributed by atoms with E-state index < -0.39 is 23.9 Å². The summed E-state index contributed by atoms with van der Waals surface area (Å²) in [6.45, 7) is 1.70. The van der Waals surface area contributed by atoms with Crippen LogP contribution in [0.3, 0.4) is 0 Å². The van der Waals surface area contributed by atoms with Crippen molar-refractivity contribution in [2.45, 2.75) is 19.4 Å². The van der Waals surface area contributed by atoms with Crippen LogP contribution in [0.5, 0.6) is 0 Å². The summed E-state index contributed by atoms with van der Waals surface area (Å²) in [5, 5.41) is 11.3. The second-order valence-electron chi connectivity index (χ2n) is 4.52. The zero-order valence-corrected chi connectivity index (χ0v) is 13.0. The van der Waals surface area contributed by atoms with Gasteiger partial charge >= 0.3 is 12.0 Å². The van der Waals surface area contributed by atoms with E-state index in [0.29, 0.717) is 5.56 Å². The Morgan fingerprint density at radius 3 is 2.57 bits per heavy atom. The molecular weight excluding hydrogens is 322 g/mol. The summed E-state index contributed by atoms with van der Waals surface area (Å²) in [6, 6.07) is 1.40. The summed E-state index contributed by atoms with van der Waals surface area (Å²) in [6.07, 6.45) is -0.158. The molecule has 1 aromatic rings. The quantitative estimate of drug-likeness (QED) is 0.810. The molecule has 0 spiro atoms. The molecule has 0 aliphatic rings. The van der Waals surface area contributed by atoms with E-state index in [2.05, 4.69) is 5.32 Å². The first-order valence-corrected chi connectivity index (χ1v) is 6.85. The van der Waals surface area contributed by atoms with E-state index in [9.17, 15) is 14.0 Å². The van der Waals surface area contributed by atoms with Crippen molar-refractivity contribution in [1.29, 1.82) is 0 Å². The molecule has 0 saturated carbocycles. The van der Waals surface area contributed by atoms with Crippen LogP contribution in [0, 0.1) is 5.82 Å². The van der Waals surface area contributed by atoms with Crippen molar-refractivity contribution in [1.82, 2.24) is 10.2 Å². The predicted octanol–water partition coefficient (Wildman–Crippen LogP) is 3.31. The molecule has 1 aromatic carbocycles. The highest BCUT2D eigenvalue weighted by atomic mass is 35.5. The third-order valence-electron chi connectivity index (χ3n) is 2.85. The molecule has 0 aromatic heterocycles. The third kappa shape index (κ3) is 5.06. The van der Waals surface area contributed by atoms with Crippen molar-refractivity contribution in [2.24, 2.45) is 0 Å². The Balaban J connectivity index is 2.72. The number of urea groups is 1. The largest absolute Gasteiger partial charge is 0.481 e. The second kappa shape index (κ2) is 7.47. The van der Waals surface area contributed by atoms with Crippen LogP contribution >= 0.6 is 23.2 Å². The maximum Gasteiger partial charge on any atom is 0.317 e. The molecule has 0 saturated heterocycles. The second-order valence-corrected chi connectivity index (χ2v) is 5.34. The molecule has 0 bridgehead atoms. The lowest BCUT2D eigenvalue weighted by molar-refractivity contribution is -0.137. The van der Waals surface area contributed by atoms with Crippen LogP contribution in [0.4, 0.5) is 9.18 Å². The fourth-order valence-electron chi connectivity index (χ4n) is 1.61. The summed E-state index contributed by atoms with van der Waals surface area (Å²) in [5.41, 5.74) is 0.388. The van der Waals surface area contributed by atoms with Gasteiger partial charge in [-0.1, -0.05) is 23.2 Å². The number of hydrogen-bond donors (Lipinski definition) is 2. The molecule has 2 amide bonds. The SMILES string of the molecule is CC(NC(=O)N(C)CCC(=O)O)c1cc(F)c(Cl)cc1Cl. The molecule has 8 heteroatoms. The Morgan fingerprint density at radius 1 is 1.38 bits per heavy atom. The van der Waals surface area contributed by atoms with Crippen LogP contribution in [0.25, 0.3) is 0 Å². The molecule has 1 atom stereocenters. The van der Waals surface area contributed by atoms with Crippen LogP contribution in [-0.4, -0.2) is 35.6 Å². The van der Waals surface area contributed by atoms with Crippen molar-refractivity contribution in [3.8, 4) is 0 Å². The van der Waals surface area contributed by atoms with Gasteiger partial charge in [-0.3, -0.25) is 4.79 Å². The summed E-state index contributed by atoms with van der Waals surface area (Å²) in [5.74, 6) is -1.62. The standard InChI is InChI=1S/C13H15Cl2FN2O3/c1-7(8-5-11(16)10(15)6-9(8)14)17-13(21)18(2)4-3-12(19)20/h5-7H,3-4H2,1-2H3,(H,17,21)(H,19,20). The highest BCUT2D eigenvalue weighted by Crippen LogP contribution is 2.28. The molecule has 116 valence electrons. The Bertz CT molecular complexity index is 554. The van der Waals surface area contributed by atoms with Crippen LogP contribution in [0.15, 0.2) is 12.1 Å². The van der Waals surface area contributed by atoms with Gasteiger partial charge in [-0.25, -0.2) is 9.18 Å². The van der Waals surface area contributed by atoms with E-state index >= 15 is 0 Å². The van der Waals surface area contributed by atoms with E-state index in [0.717, 1.165) is 6.07 Å². The van der Waals surface area contributed by atoms with Gasteiger partial charge in [-0.15, -0.1) is 0 Å². The van der Waals surface area contributed by atoms with Gasteiger partial charge in [0.2, 0.25) is 0 Å². The Morgan fingerprint density at radius 2 is 2.00 bits per heavy atom. The Kier molecular flexibility index (Phi) is 6.23. The van der Waals surface area contributed by atoms with Gasteiger partial charge in [-0.05, 0) is 24.6 Å². The third-order valence-corrected chi connectivity index (χ3v) is 3.47. The molecule has 0 heterocycles. The first kappa shape index (κ1) is 17.5. The molecule has 0 fully saturated rings. The number of aliphatic carboxylic acids is 1. The lowest BCUT2D eigenvalue weighted by atomic mass is 10.1. The van der Waals surface area contributed by atoms with Gasteiger partial charge in [-0.2, -0.15) is 0 Å². The van der Waals surface area contributed by atoms with Crippen molar-refractivity contribution in [3.05, 3.63) is 33.6 Å². The van der Waals surface area contributed by atoms with Crippen molar-refractivity contribution < 1.29 is 19.1 Å². The zero-order chi connectivity index (χ0) is 16.2. The zero-order valence-electron chi connectivity index (χ0n) is 11.5. The predicted molar refractivity (Wildman–Crippen MR) is 78.2 cm³/mol. The van der Waals surface area contributed by atoms with Crippen LogP contribution in [-0.2, 0) is 4.79 Å². The number of benzene rings is 1. The number of carboxylic acid groups (broad SMARTS) is 1. The summed E-state index contributed by atoms with van der Waals surface area (Å²) in [7, 11) is 1.47.